The van der Waals surface area contributed by atoms with Crippen LogP contribution in [0.2, 0.25) is 0 Å². The van der Waals surface area contributed by atoms with Crippen molar-refractivity contribution in [2.75, 3.05) is 0 Å². The van der Waals surface area contributed by atoms with Crippen LogP contribution in [0.1, 0.15) is 42.3 Å². The molecule has 0 radical (unpaired) electrons. The molecule has 1 aromatic rings. The molecule has 4 heteroatoms. The van der Waals surface area contributed by atoms with Gasteiger partial charge in [0.25, 0.3) is 0 Å². The van der Waals surface area contributed by atoms with Crippen LogP contribution < -0.4 is 0 Å². The van der Waals surface area contributed by atoms with Gasteiger partial charge in [0.2, 0.25) is 0 Å². The normalized spacial score (nSPS) is 18.3. The van der Waals surface area contributed by atoms with Crippen LogP contribution in [0, 0.1) is 0 Å². The summed E-state index contributed by atoms with van der Waals surface area (Å²) in [6.45, 7) is 0.0454. The van der Waals surface area contributed by atoms with E-state index >= 15 is 0 Å². The van der Waals surface area contributed by atoms with Gasteiger partial charge >= 0.3 is 0 Å². The predicted octanol–water partition coefficient (Wildman–Crippen LogP) is 3.06. The van der Waals surface area contributed by atoms with Crippen LogP contribution in [0.5, 0.6) is 0 Å². The van der Waals surface area contributed by atoms with Gasteiger partial charge in [-0.2, -0.15) is 0 Å². The molecule has 2 nitrogen and oxygen atoms in total. The van der Waals surface area contributed by atoms with Crippen LogP contribution in [-0.2, 0) is 6.61 Å². The van der Waals surface area contributed by atoms with Crippen LogP contribution in [0.25, 0.3) is 0 Å². The number of aromatic nitrogens is 1. The van der Waals surface area contributed by atoms with Crippen molar-refractivity contribution in [2.45, 2.75) is 38.2 Å². The molecule has 0 unspecified atom stereocenters. The minimum Gasteiger partial charge on any atom is -0.390 e. The van der Waals surface area contributed by atoms with E-state index in [2.05, 4.69) is 20.9 Å². The molecular formula is C9H12BrNOS. The Morgan fingerprint density at radius 2 is 2.15 bits per heavy atom. The molecule has 0 aromatic carbocycles. The van der Waals surface area contributed by atoms with E-state index < -0.39 is 0 Å². The van der Waals surface area contributed by atoms with Crippen molar-refractivity contribution in [3.63, 3.8) is 0 Å². The Hall–Kier alpha value is 0.0700. The third kappa shape index (κ3) is 1.95. The maximum atomic E-state index is 8.99. The molecule has 1 saturated carbocycles. The number of hydrogen-bond acceptors (Lipinski definition) is 3. The highest BCUT2D eigenvalue weighted by Crippen LogP contribution is 2.38. The van der Waals surface area contributed by atoms with Gasteiger partial charge in [0.15, 0.2) is 0 Å². The molecule has 1 aliphatic rings. The molecule has 0 bridgehead atoms. The average molecular weight is 262 g/mol. The first-order valence-electron chi connectivity index (χ1n) is 4.57. The van der Waals surface area contributed by atoms with Crippen molar-refractivity contribution < 1.29 is 5.11 Å². The van der Waals surface area contributed by atoms with Crippen molar-refractivity contribution in [3.8, 4) is 0 Å². The Kier molecular flexibility index (Phi) is 3.01. The van der Waals surface area contributed by atoms with Gasteiger partial charge in [0, 0.05) is 5.92 Å². The van der Waals surface area contributed by atoms with Crippen LogP contribution in [0.4, 0.5) is 0 Å². The number of hydrogen-bond donors (Lipinski definition) is 1. The van der Waals surface area contributed by atoms with E-state index in [0.717, 1.165) is 9.48 Å². The Bertz CT molecular complexity index is 294. The van der Waals surface area contributed by atoms with Gasteiger partial charge in [0.1, 0.15) is 0 Å². The minimum atomic E-state index is 0.0454. The van der Waals surface area contributed by atoms with E-state index in [-0.39, 0.29) is 6.61 Å². The molecule has 72 valence electrons. The van der Waals surface area contributed by atoms with Crippen molar-refractivity contribution in [1.29, 1.82) is 0 Å². The summed E-state index contributed by atoms with van der Waals surface area (Å²) >= 11 is 5.10. The topological polar surface area (TPSA) is 33.1 Å². The Morgan fingerprint density at radius 3 is 2.69 bits per heavy atom. The summed E-state index contributed by atoms with van der Waals surface area (Å²) in [6.07, 6.45) is 5.20. The number of halogens is 1. The first kappa shape index (κ1) is 9.62. The molecule has 13 heavy (non-hydrogen) atoms. The molecule has 0 atom stereocenters. The second-order valence-electron chi connectivity index (χ2n) is 3.41. The molecule has 0 amide bonds. The number of aliphatic hydroxyl groups excluding tert-OH is 1. The van der Waals surface area contributed by atoms with E-state index in [1.807, 2.05) is 0 Å². The first-order chi connectivity index (χ1) is 6.31. The lowest BCUT2D eigenvalue weighted by molar-refractivity contribution is 0.276. The molecule has 1 heterocycles. The van der Waals surface area contributed by atoms with Gasteiger partial charge in [-0.1, -0.05) is 12.8 Å². The summed E-state index contributed by atoms with van der Waals surface area (Å²) in [6, 6.07) is 0. The number of rotatable bonds is 2. The van der Waals surface area contributed by atoms with E-state index in [1.165, 1.54) is 30.7 Å². The Balaban J connectivity index is 2.20. The second-order valence-corrected chi connectivity index (χ2v) is 5.76. The zero-order chi connectivity index (χ0) is 9.26. The highest BCUT2D eigenvalue weighted by molar-refractivity contribution is 9.11. The SMILES string of the molecule is OCc1nc(C2CCCC2)sc1Br. The molecular weight excluding hydrogens is 250 g/mol. The smallest absolute Gasteiger partial charge is 0.0972 e. The van der Waals surface area contributed by atoms with E-state index in [4.69, 9.17) is 5.11 Å². The highest BCUT2D eigenvalue weighted by Gasteiger charge is 2.21. The molecule has 1 aliphatic carbocycles. The third-order valence-electron chi connectivity index (χ3n) is 2.52. The lowest BCUT2D eigenvalue weighted by atomic mass is 10.1. The Labute approximate surface area is 90.1 Å². The largest absolute Gasteiger partial charge is 0.390 e. The van der Waals surface area contributed by atoms with Crippen molar-refractivity contribution in [1.82, 2.24) is 4.98 Å². The first-order valence-corrected chi connectivity index (χ1v) is 6.18. The lowest BCUT2D eigenvalue weighted by Gasteiger charge is -2.01. The van der Waals surface area contributed by atoms with Crippen LogP contribution in [0.3, 0.4) is 0 Å². The van der Waals surface area contributed by atoms with E-state index in [9.17, 15) is 0 Å². The van der Waals surface area contributed by atoms with Gasteiger partial charge in [-0.3, -0.25) is 0 Å². The molecule has 1 N–H and O–H groups in total. The quantitative estimate of drug-likeness (QED) is 0.888. The van der Waals surface area contributed by atoms with E-state index in [1.54, 1.807) is 11.3 Å². The fourth-order valence-electron chi connectivity index (χ4n) is 1.80. The maximum absolute atomic E-state index is 8.99. The standard InChI is InChI=1S/C9H12BrNOS/c10-8-7(5-12)11-9(13-8)6-3-1-2-4-6/h6,12H,1-5H2. The molecule has 2 rings (SSSR count). The number of aliphatic hydroxyl groups is 1. The third-order valence-corrected chi connectivity index (χ3v) is 4.51. The van der Waals surface area contributed by atoms with Crippen molar-refractivity contribution >= 4 is 27.3 Å². The molecule has 1 aromatic heterocycles. The summed E-state index contributed by atoms with van der Waals surface area (Å²) in [5, 5.41) is 10.2. The van der Waals surface area contributed by atoms with Gasteiger partial charge in [-0.15, -0.1) is 11.3 Å². The molecule has 0 aliphatic heterocycles. The van der Waals surface area contributed by atoms with E-state index in [0.29, 0.717) is 5.92 Å². The van der Waals surface area contributed by atoms with Crippen molar-refractivity contribution in [2.24, 2.45) is 0 Å². The van der Waals surface area contributed by atoms with Crippen LogP contribution in [0.15, 0.2) is 3.79 Å². The zero-order valence-electron chi connectivity index (χ0n) is 7.29. The number of thiazole rings is 1. The van der Waals surface area contributed by atoms with Gasteiger partial charge < -0.3 is 5.11 Å². The van der Waals surface area contributed by atoms with Crippen LogP contribution >= 0.6 is 27.3 Å². The van der Waals surface area contributed by atoms with Crippen LogP contribution in [-0.4, -0.2) is 10.1 Å². The predicted molar refractivity (Wildman–Crippen MR) is 56.9 cm³/mol. The molecule has 0 saturated heterocycles. The fourth-order valence-corrected chi connectivity index (χ4v) is 3.48. The van der Waals surface area contributed by atoms with Gasteiger partial charge in [-0.05, 0) is 28.8 Å². The average Bonchev–Trinajstić information content (AvgIpc) is 2.71. The summed E-state index contributed by atoms with van der Waals surface area (Å²) in [5.41, 5.74) is 0.798. The van der Waals surface area contributed by atoms with Gasteiger partial charge in [-0.25, -0.2) is 4.98 Å². The second kappa shape index (κ2) is 4.07. The summed E-state index contributed by atoms with van der Waals surface area (Å²) in [4.78, 5) is 4.43. The number of nitrogens with zero attached hydrogens (tertiary/aromatic N) is 1. The zero-order valence-corrected chi connectivity index (χ0v) is 9.70. The molecule has 0 spiro atoms. The summed E-state index contributed by atoms with van der Waals surface area (Å²) in [7, 11) is 0. The lowest BCUT2D eigenvalue weighted by Crippen LogP contribution is -1.92. The Morgan fingerprint density at radius 1 is 1.46 bits per heavy atom. The fraction of sp³-hybridized carbons (Fsp3) is 0.667. The van der Waals surface area contributed by atoms with Gasteiger partial charge in [0.05, 0.1) is 21.1 Å². The monoisotopic (exact) mass is 261 g/mol. The minimum absolute atomic E-state index is 0.0454. The highest BCUT2D eigenvalue weighted by atomic mass is 79.9. The summed E-state index contributed by atoms with van der Waals surface area (Å²) in [5.74, 6) is 0.654. The van der Waals surface area contributed by atoms with Crippen molar-refractivity contribution in [3.05, 3.63) is 14.5 Å². The molecule has 1 fully saturated rings. The maximum Gasteiger partial charge on any atom is 0.0972 e. The summed E-state index contributed by atoms with van der Waals surface area (Å²) < 4.78 is 0.997.